The van der Waals surface area contributed by atoms with Crippen LogP contribution in [-0.4, -0.2) is 15.7 Å². The van der Waals surface area contributed by atoms with Gasteiger partial charge in [0.05, 0.1) is 11.4 Å². The minimum Gasteiger partial charge on any atom is -0.344 e. The maximum absolute atomic E-state index is 13.2. The number of rotatable bonds is 4. The predicted molar refractivity (Wildman–Crippen MR) is 98.4 cm³/mol. The molecule has 0 aliphatic carbocycles. The summed E-state index contributed by atoms with van der Waals surface area (Å²) in [6, 6.07) is 12.7. The first-order valence-electron chi connectivity index (χ1n) is 8.41. The van der Waals surface area contributed by atoms with E-state index in [9.17, 15) is 14.0 Å². The molecule has 1 amide bonds. The molecule has 5 nitrogen and oxygen atoms in total. The highest BCUT2D eigenvalue weighted by atomic mass is 19.1. The molecule has 0 spiro atoms. The average Bonchev–Trinajstić information content (AvgIpc) is 2.63. The Bertz CT molecular complexity index is 1010. The van der Waals surface area contributed by atoms with Crippen LogP contribution < -0.4 is 10.9 Å². The van der Waals surface area contributed by atoms with Crippen LogP contribution in [0.5, 0.6) is 0 Å². The number of hydrogen-bond donors (Lipinski definition) is 1. The topological polar surface area (TPSA) is 64.0 Å². The van der Waals surface area contributed by atoms with E-state index in [0.717, 1.165) is 5.56 Å². The van der Waals surface area contributed by atoms with E-state index in [2.05, 4.69) is 10.4 Å². The number of amides is 1. The number of carbonyl (C=O) groups excluding carboxylic acids is 1. The van der Waals surface area contributed by atoms with Crippen LogP contribution in [0.15, 0.2) is 53.3 Å². The molecule has 2 aromatic carbocycles. The Hall–Kier alpha value is -3.02. The van der Waals surface area contributed by atoms with Crippen LogP contribution in [0.25, 0.3) is 10.8 Å². The smallest absolute Gasteiger partial charge is 0.274 e. The van der Waals surface area contributed by atoms with Crippen LogP contribution in [-0.2, 0) is 7.05 Å². The van der Waals surface area contributed by atoms with Crippen molar-refractivity contribution in [1.29, 1.82) is 0 Å². The predicted octanol–water partition coefficient (Wildman–Crippen LogP) is 3.20. The normalized spacial score (nSPS) is 12.3. The quantitative estimate of drug-likeness (QED) is 0.783. The number of fused-ring (bicyclic) bond motifs is 1. The number of halogens is 1. The second-order valence-electron chi connectivity index (χ2n) is 6.57. The Morgan fingerprint density at radius 3 is 2.31 bits per heavy atom. The summed E-state index contributed by atoms with van der Waals surface area (Å²) in [4.78, 5) is 25.1. The molecule has 0 saturated carbocycles. The van der Waals surface area contributed by atoms with Gasteiger partial charge in [0.2, 0.25) is 0 Å². The molecule has 26 heavy (non-hydrogen) atoms. The summed E-state index contributed by atoms with van der Waals surface area (Å²) in [6.07, 6.45) is 0. The monoisotopic (exact) mass is 353 g/mol. The fourth-order valence-electron chi connectivity index (χ4n) is 2.98. The summed E-state index contributed by atoms with van der Waals surface area (Å²) in [5, 5.41) is 8.07. The number of nitrogens with one attached hydrogen (secondary N) is 1. The van der Waals surface area contributed by atoms with Crippen molar-refractivity contribution in [3.8, 4) is 0 Å². The summed E-state index contributed by atoms with van der Waals surface area (Å²) in [6.45, 7) is 3.95. The zero-order valence-corrected chi connectivity index (χ0v) is 14.9. The lowest BCUT2D eigenvalue weighted by atomic mass is 9.95. The fraction of sp³-hybridized carbons (Fsp3) is 0.250. The SMILES string of the molecule is CC(C)C(NC(=O)c1nn(C)c(=O)c2ccccc12)c1ccc(F)cc1. The van der Waals surface area contributed by atoms with Gasteiger partial charge in [-0.05, 0) is 29.7 Å². The maximum atomic E-state index is 13.2. The number of hydrogen-bond acceptors (Lipinski definition) is 3. The van der Waals surface area contributed by atoms with Crippen molar-refractivity contribution in [2.24, 2.45) is 13.0 Å². The van der Waals surface area contributed by atoms with Crippen LogP contribution >= 0.6 is 0 Å². The van der Waals surface area contributed by atoms with E-state index in [0.29, 0.717) is 10.8 Å². The lowest BCUT2D eigenvalue weighted by Gasteiger charge is -2.23. The summed E-state index contributed by atoms with van der Waals surface area (Å²) in [5.41, 5.74) is 0.746. The Kier molecular flexibility index (Phi) is 4.84. The number of aromatic nitrogens is 2. The van der Waals surface area contributed by atoms with E-state index in [4.69, 9.17) is 0 Å². The van der Waals surface area contributed by atoms with Gasteiger partial charge in [-0.25, -0.2) is 9.07 Å². The van der Waals surface area contributed by atoms with E-state index in [1.54, 1.807) is 36.4 Å². The molecule has 0 aliphatic rings. The van der Waals surface area contributed by atoms with Gasteiger partial charge in [-0.2, -0.15) is 5.10 Å². The molecule has 0 fully saturated rings. The largest absolute Gasteiger partial charge is 0.344 e. The molecule has 0 saturated heterocycles. The van der Waals surface area contributed by atoms with E-state index in [-0.39, 0.29) is 34.9 Å². The molecule has 0 bridgehead atoms. The molecular weight excluding hydrogens is 333 g/mol. The summed E-state index contributed by atoms with van der Waals surface area (Å²) in [7, 11) is 1.52. The van der Waals surface area contributed by atoms with Gasteiger partial charge >= 0.3 is 0 Å². The third-order valence-electron chi connectivity index (χ3n) is 4.35. The highest BCUT2D eigenvalue weighted by molar-refractivity contribution is 6.04. The van der Waals surface area contributed by atoms with Crippen molar-refractivity contribution in [3.05, 3.63) is 76.0 Å². The van der Waals surface area contributed by atoms with Crippen molar-refractivity contribution in [3.63, 3.8) is 0 Å². The maximum Gasteiger partial charge on any atom is 0.274 e. The van der Waals surface area contributed by atoms with Crippen LogP contribution in [0, 0.1) is 11.7 Å². The highest BCUT2D eigenvalue weighted by Crippen LogP contribution is 2.23. The van der Waals surface area contributed by atoms with E-state index >= 15 is 0 Å². The summed E-state index contributed by atoms with van der Waals surface area (Å²) >= 11 is 0. The molecule has 3 aromatic rings. The van der Waals surface area contributed by atoms with Crippen molar-refractivity contribution >= 4 is 16.7 Å². The molecule has 1 heterocycles. The van der Waals surface area contributed by atoms with E-state index < -0.39 is 0 Å². The Morgan fingerprint density at radius 1 is 1.08 bits per heavy atom. The van der Waals surface area contributed by atoms with Gasteiger partial charge in [0.25, 0.3) is 11.5 Å². The molecule has 1 atom stereocenters. The first kappa shape index (κ1) is 17.8. The van der Waals surface area contributed by atoms with Gasteiger partial charge in [0.15, 0.2) is 5.69 Å². The second kappa shape index (κ2) is 7.07. The minimum atomic E-state index is -0.375. The molecule has 1 aromatic heterocycles. The Balaban J connectivity index is 2.01. The lowest BCUT2D eigenvalue weighted by molar-refractivity contribution is 0.0920. The zero-order chi connectivity index (χ0) is 18.8. The van der Waals surface area contributed by atoms with Gasteiger partial charge < -0.3 is 5.32 Å². The molecule has 3 rings (SSSR count). The van der Waals surface area contributed by atoms with Crippen LogP contribution in [0.1, 0.15) is 35.9 Å². The van der Waals surface area contributed by atoms with Crippen molar-refractivity contribution in [2.45, 2.75) is 19.9 Å². The average molecular weight is 353 g/mol. The standard InChI is InChI=1S/C20H20FN3O2/c1-12(2)17(13-8-10-14(21)11-9-13)22-19(25)18-15-6-4-5-7-16(15)20(26)24(3)23-18/h4-12,17H,1-3H3,(H,22,25). The van der Waals surface area contributed by atoms with Crippen LogP contribution in [0.2, 0.25) is 0 Å². The molecule has 1 unspecified atom stereocenters. The molecule has 1 N–H and O–H groups in total. The number of aryl methyl sites for hydroxylation is 1. The fourth-order valence-corrected chi connectivity index (χ4v) is 2.98. The summed E-state index contributed by atoms with van der Waals surface area (Å²) in [5.74, 6) is -0.615. The first-order chi connectivity index (χ1) is 12.4. The van der Waals surface area contributed by atoms with E-state index in [1.165, 1.54) is 23.9 Å². The Labute approximate surface area is 150 Å². The zero-order valence-electron chi connectivity index (χ0n) is 14.9. The van der Waals surface area contributed by atoms with Crippen molar-refractivity contribution in [1.82, 2.24) is 15.1 Å². The number of nitrogens with zero attached hydrogens (tertiary/aromatic N) is 2. The second-order valence-corrected chi connectivity index (χ2v) is 6.57. The van der Waals surface area contributed by atoms with Gasteiger partial charge in [0.1, 0.15) is 5.82 Å². The number of benzene rings is 2. The Morgan fingerprint density at radius 2 is 1.69 bits per heavy atom. The third-order valence-corrected chi connectivity index (χ3v) is 4.35. The van der Waals surface area contributed by atoms with Crippen molar-refractivity contribution in [2.75, 3.05) is 0 Å². The van der Waals surface area contributed by atoms with E-state index in [1.807, 2.05) is 13.8 Å². The summed E-state index contributed by atoms with van der Waals surface area (Å²) < 4.78 is 14.4. The van der Waals surface area contributed by atoms with Crippen LogP contribution in [0.3, 0.4) is 0 Å². The first-order valence-corrected chi connectivity index (χ1v) is 8.41. The third kappa shape index (κ3) is 3.35. The molecule has 0 aliphatic heterocycles. The van der Waals surface area contributed by atoms with Crippen LogP contribution in [0.4, 0.5) is 4.39 Å². The van der Waals surface area contributed by atoms with Gasteiger partial charge in [0, 0.05) is 12.4 Å². The molecule has 134 valence electrons. The molecular formula is C20H20FN3O2. The van der Waals surface area contributed by atoms with Gasteiger partial charge in [-0.1, -0.05) is 44.2 Å². The lowest BCUT2D eigenvalue weighted by Crippen LogP contribution is -2.34. The highest BCUT2D eigenvalue weighted by Gasteiger charge is 2.22. The van der Waals surface area contributed by atoms with Gasteiger partial charge in [-0.15, -0.1) is 0 Å². The molecule has 6 heteroatoms. The van der Waals surface area contributed by atoms with Gasteiger partial charge in [-0.3, -0.25) is 9.59 Å². The molecule has 0 radical (unpaired) electrons. The minimum absolute atomic E-state index is 0.0863. The van der Waals surface area contributed by atoms with Crippen molar-refractivity contribution < 1.29 is 9.18 Å². The number of carbonyl (C=O) groups is 1.